The largest absolute Gasteiger partial charge is 0.396 e. The number of aliphatic hydroxyl groups is 16. The molecule has 16 N–H and O–H groups in total. The zero-order valence-electron chi connectivity index (χ0n) is 44.1. The molecule has 30 atom stereocenters. The number of aliphatic hydroxyl groups excluding tert-OH is 16. The van der Waals surface area contributed by atoms with Crippen LogP contribution in [0.1, 0.15) is 86.5 Å². The molecule has 4 aliphatic heterocycles. The van der Waals surface area contributed by atoms with Crippen molar-refractivity contribution in [2.75, 3.05) is 39.6 Å². The lowest BCUT2D eigenvalue weighted by Crippen LogP contribution is -2.72. The molecule has 0 bridgehead atoms. The Balaban J connectivity index is 1.03. The third kappa shape index (κ3) is 9.12. The predicted molar refractivity (Wildman–Crippen MR) is 256 cm³/mol. The van der Waals surface area contributed by atoms with Crippen LogP contribution in [0.2, 0.25) is 0 Å². The van der Waals surface area contributed by atoms with Crippen molar-refractivity contribution in [1.29, 1.82) is 0 Å². The van der Waals surface area contributed by atoms with Crippen LogP contribution in [-0.2, 0) is 37.9 Å². The lowest BCUT2D eigenvalue weighted by atomic mass is 9.33. The van der Waals surface area contributed by atoms with E-state index in [0.717, 1.165) is 5.57 Å². The Morgan fingerprint density at radius 2 is 1.13 bits per heavy atom. The van der Waals surface area contributed by atoms with Crippen LogP contribution in [0.4, 0.5) is 0 Å². The molecule has 24 heteroatoms. The first-order valence-corrected chi connectivity index (χ1v) is 27.1. The minimum Gasteiger partial charge on any atom is -0.396 e. The van der Waals surface area contributed by atoms with Crippen LogP contribution in [0.3, 0.4) is 0 Å². The second-order valence-corrected chi connectivity index (χ2v) is 25.5. The average Bonchev–Trinajstić information content (AvgIpc) is 3.38. The van der Waals surface area contributed by atoms with Gasteiger partial charge in [-0.25, -0.2) is 0 Å². The summed E-state index contributed by atoms with van der Waals surface area (Å²) in [5.74, 6) is -0.651. The Hall–Kier alpha value is -1.22. The number of hydrogen-bond donors (Lipinski definition) is 16. The van der Waals surface area contributed by atoms with Gasteiger partial charge in [0.1, 0.15) is 85.5 Å². The summed E-state index contributed by atoms with van der Waals surface area (Å²) >= 11 is 0. The van der Waals surface area contributed by atoms with Gasteiger partial charge < -0.3 is 120 Å². The van der Waals surface area contributed by atoms with E-state index >= 15 is 0 Å². The smallest absolute Gasteiger partial charge is 0.187 e. The van der Waals surface area contributed by atoms with Gasteiger partial charge in [0.25, 0.3) is 0 Å². The summed E-state index contributed by atoms with van der Waals surface area (Å²) in [4.78, 5) is 0. The van der Waals surface area contributed by atoms with Crippen LogP contribution in [-0.4, -0.2) is 256 Å². The van der Waals surface area contributed by atoms with Gasteiger partial charge in [0.15, 0.2) is 25.2 Å². The molecule has 4 heterocycles. The quantitative estimate of drug-likeness (QED) is 0.0648. The standard InChI is InChI=1S/C52H86O24/c1-47(2)13-22-21-7-8-28-48(3)11-10-30(49(4,19-55)27(48)9-12-50(28,5)51(21,6)14-29(59)52(22,20-56)42(68)41(47)67)73-46-40(76-44-37(66)35(64)33(62)25(15-53)71-44)38(34(63)26(16-54)72-46)74-45-39(32(61)24(58)18-70-45)75-43-36(65)31(60)23(57)17-69-43/h7,22-46,53-68H,8-20H2,1-6H3/t22-,23+,24-,25+,26+,27?,28+,29+,30-,31-,32-,33-,34+,35-,36+,37+,38-,39+,40+,41-,42-,43-,44-,45-,46-,48-,49-,50+,51+,52-/m0/s1. The van der Waals surface area contributed by atoms with Crippen LogP contribution < -0.4 is 0 Å². The molecule has 0 aromatic carbocycles. The monoisotopic (exact) mass is 1090 g/mol. The molecule has 0 radical (unpaired) electrons. The summed E-state index contributed by atoms with van der Waals surface area (Å²) in [6.07, 6.45) is -30.3. The van der Waals surface area contributed by atoms with Crippen LogP contribution >= 0.6 is 0 Å². The first-order chi connectivity index (χ1) is 35.6. The van der Waals surface area contributed by atoms with E-state index < -0.39 is 206 Å². The van der Waals surface area contributed by atoms with E-state index in [4.69, 9.17) is 37.9 Å². The van der Waals surface area contributed by atoms with Crippen molar-refractivity contribution in [2.24, 2.45) is 50.2 Å². The van der Waals surface area contributed by atoms with E-state index in [0.29, 0.717) is 38.5 Å². The zero-order chi connectivity index (χ0) is 55.6. The van der Waals surface area contributed by atoms with E-state index in [2.05, 4.69) is 26.8 Å². The van der Waals surface area contributed by atoms with Crippen LogP contribution in [0.25, 0.3) is 0 Å². The van der Waals surface area contributed by atoms with Gasteiger partial charge in [0, 0.05) is 5.41 Å². The molecule has 24 nitrogen and oxygen atoms in total. The van der Waals surface area contributed by atoms with Gasteiger partial charge in [0.05, 0.1) is 69.5 Å². The van der Waals surface area contributed by atoms with Crippen LogP contribution in [0, 0.1) is 50.2 Å². The molecule has 9 aliphatic rings. The van der Waals surface area contributed by atoms with Crippen LogP contribution in [0.5, 0.6) is 0 Å². The summed E-state index contributed by atoms with van der Waals surface area (Å²) in [6.45, 7) is 8.76. The van der Waals surface area contributed by atoms with Gasteiger partial charge in [0.2, 0.25) is 0 Å². The highest BCUT2D eigenvalue weighted by molar-refractivity contribution is 5.36. The SMILES string of the molecule is CC1(C)C[C@H]2C3=CC[C@@H]4[C@@]5(C)CC[C@H](O[C@@H]6O[C@H](CO)[C@@H](O)[C@H](O[C@@H]7OC[C@H](O)[C@H](O)[C@H]7O[C@@H]7OC[C@@H](O)[C@H](O)[C@H]7O)[C@H]6O[C@@H]6O[C@H](CO)[C@H](O)[C@H](O)[C@H]6O)[C@@](C)(CO)C5CC[C@@]4(C)[C@]3(C)C[C@@H](O)[C@@]2(CO)[C@@H](O)[C@@H]1O. The van der Waals surface area contributed by atoms with Crippen molar-refractivity contribution in [3.05, 3.63) is 11.6 Å². The Bertz CT molecular complexity index is 2050. The maximum Gasteiger partial charge on any atom is 0.187 e. The Kier molecular flexibility index (Phi) is 16.8. The van der Waals surface area contributed by atoms with Gasteiger partial charge >= 0.3 is 0 Å². The normalized spacial score (nSPS) is 56.3. The highest BCUT2D eigenvalue weighted by atomic mass is 16.8. The fraction of sp³-hybridized carbons (Fsp3) is 0.962. The number of hydrogen-bond acceptors (Lipinski definition) is 24. The Morgan fingerprint density at radius 1 is 0.539 bits per heavy atom. The lowest BCUT2D eigenvalue weighted by molar-refractivity contribution is -0.403. The van der Waals surface area contributed by atoms with Gasteiger partial charge in [-0.15, -0.1) is 0 Å². The molecule has 4 saturated carbocycles. The summed E-state index contributed by atoms with van der Waals surface area (Å²) < 4.78 is 48.9. The van der Waals surface area contributed by atoms with Gasteiger partial charge in [-0.3, -0.25) is 0 Å². The molecule has 0 aromatic heterocycles. The Morgan fingerprint density at radius 3 is 1.78 bits per heavy atom. The fourth-order valence-electron chi connectivity index (χ4n) is 16.3. The molecule has 9 rings (SSSR count). The molecule has 8 fully saturated rings. The number of fused-ring (bicyclic) bond motifs is 7. The highest BCUT2D eigenvalue weighted by Crippen LogP contribution is 2.76. The molecule has 438 valence electrons. The number of rotatable bonds is 12. The molecule has 0 spiro atoms. The fourth-order valence-corrected chi connectivity index (χ4v) is 16.3. The molecular weight excluding hydrogens is 1010 g/mol. The van der Waals surface area contributed by atoms with Crippen molar-refractivity contribution < 1.29 is 120 Å². The summed E-state index contributed by atoms with van der Waals surface area (Å²) in [6, 6.07) is 0. The van der Waals surface area contributed by atoms with E-state index in [-0.39, 0.29) is 24.9 Å². The second kappa shape index (κ2) is 21.5. The summed E-state index contributed by atoms with van der Waals surface area (Å²) in [5, 5.41) is 177. The minimum absolute atomic E-state index is 0.00635. The van der Waals surface area contributed by atoms with Gasteiger partial charge in [-0.05, 0) is 84.4 Å². The summed E-state index contributed by atoms with van der Waals surface area (Å²) in [5.41, 5.74) is -3.54. The number of allylic oxidation sites excluding steroid dienone is 2. The summed E-state index contributed by atoms with van der Waals surface area (Å²) in [7, 11) is 0. The average molecular weight is 1100 g/mol. The Labute approximate surface area is 441 Å². The zero-order valence-corrected chi connectivity index (χ0v) is 44.1. The third-order valence-corrected chi connectivity index (χ3v) is 21.2. The van der Waals surface area contributed by atoms with Crippen LogP contribution in [0.15, 0.2) is 11.6 Å². The van der Waals surface area contributed by atoms with Gasteiger partial charge in [-0.2, -0.15) is 0 Å². The lowest BCUT2D eigenvalue weighted by Gasteiger charge is -2.72. The van der Waals surface area contributed by atoms with Crippen molar-refractivity contribution in [3.63, 3.8) is 0 Å². The maximum atomic E-state index is 12.2. The van der Waals surface area contributed by atoms with Gasteiger partial charge in [-0.1, -0.05) is 53.2 Å². The van der Waals surface area contributed by atoms with E-state index in [1.54, 1.807) is 0 Å². The van der Waals surface area contributed by atoms with E-state index in [1.807, 2.05) is 20.8 Å². The van der Waals surface area contributed by atoms with Crippen molar-refractivity contribution in [3.8, 4) is 0 Å². The molecule has 0 amide bonds. The molecular formula is C52H86O24. The second-order valence-electron chi connectivity index (χ2n) is 25.5. The maximum absolute atomic E-state index is 12.2. The minimum atomic E-state index is -1.99. The molecule has 4 saturated heterocycles. The first kappa shape index (κ1) is 59.4. The van der Waals surface area contributed by atoms with Crippen molar-refractivity contribution >= 4 is 0 Å². The van der Waals surface area contributed by atoms with E-state index in [9.17, 15) is 81.7 Å². The molecule has 1 unspecified atom stereocenters. The molecule has 5 aliphatic carbocycles. The van der Waals surface area contributed by atoms with Crippen molar-refractivity contribution in [1.82, 2.24) is 0 Å². The molecule has 0 aromatic rings. The van der Waals surface area contributed by atoms with E-state index in [1.165, 1.54) is 0 Å². The topological polar surface area (TPSA) is 398 Å². The number of ether oxygens (including phenoxy) is 8. The van der Waals surface area contributed by atoms with Crippen molar-refractivity contribution in [2.45, 2.75) is 222 Å². The first-order valence-electron chi connectivity index (χ1n) is 27.1. The third-order valence-electron chi connectivity index (χ3n) is 21.2. The highest BCUT2D eigenvalue weighted by Gasteiger charge is 2.73. The molecule has 76 heavy (non-hydrogen) atoms. The predicted octanol–water partition coefficient (Wildman–Crippen LogP) is -4.40.